The Morgan fingerprint density at radius 3 is 2.52 bits per heavy atom. The number of carbonyl (C=O) groups is 1. The van der Waals surface area contributed by atoms with Crippen molar-refractivity contribution < 1.29 is 4.79 Å². The van der Waals surface area contributed by atoms with Crippen molar-refractivity contribution in [2.24, 2.45) is 0 Å². The van der Waals surface area contributed by atoms with Gasteiger partial charge in [0.1, 0.15) is 0 Å². The number of fused-ring (bicyclic) bond motifs is 1. The van der Waals surface area contributed by atoms with Crippen molar-refractivity contribution in [2.45, 2.75) is 13.1 Å². The third-order valence-corrected chi connectivity index (χ3v) is 3.49. The molecule has 3 aromatic rings. The number of benzene rings is 2. The Kier molecular flexibility index (Phi) is 3.92. The molecule has 0 bridgehead atoms. The molecule has 3 nitrogen and oxygen atoms in total. The quantitative estimate of drug-likeness (QED) is 0.669. The standard InChI is InChI=1S/C18H16N2O/c21-14-20(13-17-9-3-4-11-19-17)12-16-8-5-7-15-6-1-2-10-18(15)16/h1-11,14H,12-13H2. The topological polar surface area (TPSA) is 33.2 Å². The molecule has 104 valence electrons. The van der Waals surface area contributed by atoms with E-state index in [1.54, 1.807) is 11.1 Å². The fourth-order valence-electron chi connectivity index (χ4n) is 2.48. The highest BCUT2D eigenvalue weighted by Crippen LogP contribution is 2.20. The molecule has 0 saturated heterocycles. The summed E-state index contributed by atoms with van der Waals surface area (Å²) in [6, 6.07) is 20.1. The molecule has 0 unspecified atom stereocenters. The summed E-state index contributed by atoms with van der Waals surface area (Å²) in [5.41, 5.74) is 2.04. The average molecular weight is 276 g/mol. The van der Waals surface area contributed by atoms with Gasteiger partial charge in [0, 0.05) is 12.7 Å². The van der Waals surface area contributed by atoms with Gasteiger partial charge in [-0.25, -0.2) is 0 Å². The lowest BCUT2D eigenvalue weighted by atomic mass is 10.0. The molecule has 0 saturated carbocycles. The first-order valence-corrected chi connectivity index (χ1v) is 6.93. The van der Waals surface area contributed by atoms with Crippen LogP contribution in [0.4, 0.5) is 0 Å². The molecule has 1 aromatic heterocycles. The van der Waals surface area contributed by atoms with E-state index in [1.807, 2.05) is 36.4 Å². The number of pyridine rings is 1. The maximum Gasteiger partial charge on any atom is 0.210 e. The van der Waals surface area contributed by atoms with Gasteiger partial charge in [0.2, 0.25) is 6.41 Å². The number of carbonyl (C=O) groups excluding carboxylic acids is 1. The van der Waals surface area contributed by atoms with Crippen molar-refractivity contribution in [2.75, 3.05) is 0 Å². The predicted molar refractivity (Wildman–Crippen MR) is 83.5 cm³/mol. The van der Waals surface area contributed by atoms with Crippen LogP contribution in [0, 0.1) is 0 Å². The van der Waals surface area contributed by atoms with Gasteiger partial charge in [-0.15, -0.1) is 0 Å². The van der Waals surface area contributed by atoms with Crippen LogP contribution in [0.3, 0.4) is 0 Å². The highest BCUT2D eigenvalue weighted by atomic mass is 16.1. The number of hydrogen-bond donors (Lipinski definition) is 0. The van der Waals surface area contributed by atoms with Gasteiger partial charge in [-0.2, -0.15) is 0 Å². The second kappa shape index (κ2) is 6.18. The summed E-state index contributed by atoms with van der Waals surface area (Å²) in [5, 5.41) is 2.38. The monoisotopic (exact) mass is 276 g/mol. The molecule has 3 heteroatoms. The summed E-state index contributed by atoms with van der Waals surface area (Å²) in [6.07, 6.45) is 2.63. The maximum absolute atomic E-state index is 11.3. The van der Waals surface area contributed by atoms with Crippen LogP contribution in [0.2, 0.25) is 0 Å². The van der Waals surface area contributed by atoms with E-state index in [1.165, 1.54) is 10.8 Å². The van der Waals surface area contributed by atoms with Crippen LogP contribution in [-0.4, -0.2) is 16.3 Å². The van der Waals surface area contributed by atoms with Crippen molar-refractivity contribution in [1.82, 2.24) is 9.88 Å². The lowest BCUT2D eigenvalue weighted by Crippen LogP contribution is -2.21. The first-order chi connectivity index (χ1) is 10.4. The fourth-order valence-corrected chi connectivity index (χ4v) is 2.48. The third-order valence-electron chi connectivity index (χ3n) is 3.49. The minimum atomic E-state index is 0.521. The first kappa shape index (κ1) is 13.3. The summed E-state index contributed by atoms with van der Waals surface area (Å²) in [4.78, 5) is 17.4. The summed E-state index contributed by atoms with van der Waals surface area (Å²) < 4.78 is 0. The van der Waals surface area contributed by atoms with Crippen LogP contribution in [0.1, 0.15) is 11.3 Å². The van der Waals surface area contributed by atoms with Crippen molar-refractivity contribution >= 4 is 17.2 Å². The Labute approximate surface area is 123 Å². The smallest absolute Gasteiger partial charge is 0.210 e. The summed E-state index contributed by atoms with van der Waals surface area (Å²) >= 11 is 0. The van der Waals surface area contributed by atoms with Crippen LogP contribution < -0.4 is 0 Å². The molecule has 1 heterocycles. The molecule has 0 atom stereocenters. The predicted octanol–water partition coefficient (Wildman–Crippen LogP) is 3.39. The average Bonchev–Trinajstić information content (AvgIpc) is 2.55. The first-order valence-electron chi connectivity index (χ1n) is 6.93. The molecule has 0 aliphatic rings. The molecule has 1 amide bonds. The van der Waals surface area contributed by atoms with Crippen molar-refractivity contribution in [3.63, 3.8) is 0 Å². The van der Waals surface area contributed by atoms with Gasteiger partial charge in [-0.3, -0.25) is 9.78 Å². The molecule has 0 aliphatic heterocycles. The molecular formula is C18H16N2O. The van der Waals surface area contributed by atoms with Crippen LogP contribution in [0.5, 0.6) is 0 Å². The van der Waals surface area contributed by atoms with Gasteiger partial charge in [-0.05, 0) is 28.5 Å². The minimum Gasteiger partial charge on any atom is -0.335 e. The second-order valence-corrected chi connectivity index (χ2v) is 4.97. The Morgan fingerprint density at radius 2 is 1.71 bits per heavy atom. The van der Waals surface area contributed by atoms with E-state index in [4.69, 9.17) is 0 Å². The van der Waals surface area contributed by atoms with Gasteiger partial charge in [0.25, 0.3) is 0 Å². The van der Waals surface area contributed by atoms with Gasteiger partial charge in [0.05, 0.1) is 12.2 Å². The minimum absolute atomic E-state index is 0.521. The number of nitrogens with zero attached hydrogens (tertiary/aromatic N) is 2. The maximum atomic E-state index is 11.3. The Morgan fingerprint density at radius 1 is 0.905 bits per heavy atom. The van der Waals surface area contributed by atoms with E-state index < -0.39 is 0 Å². The summed E-state index contributed by atoms with van der Waals surface area (Å²) in [5.74, 6) is 0. The molecular weight excluding hydrogens is 260 g/mol. The highest BCUT2D eigenvalue weighted by molar-refractivity contribution is 5.85. The highest BCUT2D eigenvalue weighted by Gasteiger charge is 2.07. The van der Waals surface area contributed by atoms with Crippen molar-refractivity contribution in [3.8, 4) is 0 Å². The molecule has 0 aliphatic carbocycles. The fraction of sp³-hybridized carbons (Fsp3) is 0.111. The van der Waals surface area contributed by atoms with Crippen LogP contribution in [0.25, 0.3) is 10.8 Å². The zero-order valence-corrected chi connectivity index (χ0v) is 11.6. The summed E-state index contributed by atoms with van der Waals surface area (Å²) in [6.45, 7) is 1.11. The molecule has 0 fully saturated rings. The normalized spacial score (nSPS) is 10.5. The van der Waals surface area contributed by atoms with E-state index in [-0.39, 0.29) is 0 Å². The number of rotatable bonds is 5. The van der Waals surface area contributed by atoms with Crippen molar-refractivity contribution in [1.29, 1.82) is 0 Å². The molecule has 2 aromatic carbocycles. The van der Waals surface area contributed by atoms with Crippen LogP contribution in [-0.2, 0) is 17.9 Å². The van der Waals surface area contributed by atoms with Gasteiger partial charge in [0.15, 0.2) is 0 Å². The van der Waals surface area contributed by atoms with E-state index in [0.29, 0.717) is 13.1 Å². The second-order valence-electron chi connectivity index (χ2n) is 4.97. The largest absolute Gasteiger partial charge is 0.335 e. The van der Waals surface area contributed by atoms with Crippen molar-refractivity contribution in [3.05, 3.63) is 78.1 Å². The molecule has 21 heavy (non-hydrogen) atoms. The molecule has 0 spiro atoms. The van der Waals surface area contributed by atoms with E-state index in [9.17, 15) is 4.79 Å². The Hall–Kier alpha value is -2.68. The Balaban J connectivity index is 1.84. The number of amides is 1. The molecule has 0 N–H and O–H groups in total. The van der Waals surface area contributed by atoms with E-state index in [2.05, 4.69) is 29.2 Å². The third kappa shape index (κ3) is 3.08. The van der Waals surface area contributed by atoms with Gasteiger partial charge < -0.3 is 4.90 Å². The van der Waals surface area contributed by atoms with Gasteiger partial charge in [-0.1, -0.05) is 48.5 Å². The van der Waals surface area contributed by atoms with Crippen LogP contribution in [0.15, 0.2) is 66.9 Å². The lowest BCUT2D eigenvalue weighted by molar-refractivity contribution is -0.119. The van der Waals surface area contributed by atoms with E-state index >= 15 is 0 Å². The zero-order chi connectivity index (χ0) is 14.5. The van der Waals surface area contributed by atoms with E-state index in [0.717, 1.165) is 17.7 Å². The van der Waals surface area contributed by atoms with Gasteiger partial charge >= 0.3 is 0 Å². The SMILES string of the molecule is O=CN(Cc1ccccn1)Cc1cccc2ccccc12. The lowest BCUT2D eigenvalue weighted by Gasteiger charge is -2.18. The number of hydrogen-bond acceptors (Lipinski definition) is 2. The molecule has 3 rings (SSSR count). The number of aromatic nitrogens is 1. The Bertz CT molecular complexity index is 735. The zero-order valence-electron chi connectivity index (χ0n) is 11.6. The molecule has 0 radical (unpaired) electrons. The van der Waals surface area contributed by atoms with Crippen LogP contribution >= 0.6 is 0 Å². The summed E-state index contributed by atoms with van der Waals surface area (Å²) in [7, 11) is 0.